The second kappa shape index (κ2) is 4.29. The predicted octanol–water partition coefficient (Wildman–Crippen LogP) is 2.95. The number of alkyl halides is 2. The number of hydrogen-bond donors (Lipinski definition) is 0. The lowest BCUT2D eigenvalue weighted by Crippen LogP contribution is -2.03. The Balaban J connectivity index is 3.45. The van der Waals surface area contributed by atoms with E-state index in [0.29, 0.717) is 11.8 Å². The fraction of sp³-hybridized carbons (Fsp3) is 0.273. The lowest BCUT2D eigenvalue weighted by Gasteiger charge is -2.08. The van der Waals surface area contributed by atoms with Crippen molar-refractivity contribution in [3.8, 4) is 0 Å². The maximum absolute atomic E-state index is 12.4. The van der Waals surface area contributed by atoms with E-state index in [1.807, 2.05) is 0 Å². The molecule has 0 saturated carbocycles. The summed E-state index contributed by atoms with van der Waals surface area (Å²) in [6.07, 6.45) is -2.12. The van der Waals surface area contributed by atoms with Crippen LogP contribution in [-0.4, -0.2) is 12.1 Å². The molecule has 0 radical (unpaired) electrons. The maximum Gasteiger partial charge on any atom is 0.263 e. The lowest BCUT2D eigenvalue weighted by molar-refractivity contribution is 0.100. The molecule has 0 amide bonds. The highest BCUT2D eigenvalue weighted by atomic mass is 19.3. The maximum atomic E-state index is 12.4. The molecule has 0 atom stereocenters. The van der Waals surface area contributed by atoms with Crippen LogP contribution in [0.5, 0.6) is 0 Å². The first kappa shape index (κ1) is 11.5. The van der Waals surface area contributed by atoms with Gasteiger partial charge in [-0.2, -0.15) is 0 Å². The van der Waals surface area contributed by atoms with Crippen molar-refractivity contribution in [1.29, 1.82) is 0 Å². The lowest BCUT2D eigenvalue weighted by atomic mass is 9.97. The zero-order valence-corrected chi connectivity index (χ0v) is 8.38. The molecule has 0 aliphatic carbocycles. The number of rotatable bonds is 3. The van der Waals surface area contributed by atoms with E-state index in [-0.39, 0.29) is 22.5 Å². The van der Waals surface area contributed by atoms with Crippen LogP contribution in [0.4, 0.5) is 8.78 Å². The molecule has 0 fully saturated rings. The summed E-state index contributed by atoms with van der Waals surface area (Å²) in [6.45, 7) is 2.78. The number of Topliss-reactive ketones (excluding diaryl/α,β-unsaturated/α-hetero) is 1. The van der Waals surface area contributed by atoms with Crippen molar-refractivity contribution >= 4 is 12.1 Å². The molecule has 80 valence electrons. The Morgan fingerprint density at radius 3 is 2.40 bits per heavy atom. The second-order valence-corrected chi connectivity index (χ2v) is 3.27. The third-order valence-electron chi connectivity index (χ3n) is 2.16. The summed E-state index contributed by atoms with van der Waals surface area (Å²) in [5, 5.41) is 0. The molecule has 0 saturated heterocycles. The molecule has 4 heteroatoms. The van der Waals surface area contributed by atoms with Gasteiger partial charge in [0.15, 0.2) is 12.1 Å². The zero-order chi connectivity index (χ0) is 11.6. The van der Waals surface area contributed by atoms with Crippen molar-refractivity contribution in [3.63, 3.8) is 0 Å². The largest absolute Gasteiger partial charge is 0.298 e. The Hall–Kier alpha value is -1.58. The summed E-state index contributed by atoms with van der Waals surface area (Å²) in [6, 6.07) is 2.30. The topological polar surface area (TPSA) is 34.1 Å². The summed E-state index contributed by atoms with van der Waals surface area (Å²) in [5.41, 5.74) is 0.406. The van der Waals surface area contributed by atoms with Crippen LogP contribution in [0.3, 0.4) is 0 Å². The fourth-order valence-corrected chi connectivity index (χ4v) is 1.40. The van der Waals surface area contributed by atoms with Crippen molar-refractivity contribution in [2.75, 3.05) is 0 Å². The smallest absolute Gasteiger partial charge is 0.263 e. The molecule has 1 aromatic rings. The highest BCUT2D eigenvalue weighted by Crippen LogP contribution is 2.24. The Labute approximate surface area is 85.9 Å². The standard InChI is InChI=1S/C11H10F2O2/c1-6-3-8(11(12)13)4-9(7(2)15)10(6)5-14/h3-5,11H,1-2H3. The third kappa shape index (κ3) is 2.26. The van der Waals surface area contributed by atoms with E-state index < -0.39 is 6.43 Å². The molecular weight excluding hydrogens is 202 g/mol. The highest BCUT2D eigenvalue weighted by Gasteiger charge is 2.15. The highest BCUT2D eigenvalue weighted by molar-refractivity contribution is 6.02. The molecule has 2 nitrogen and oxygen atoms in total. The minimum atomic E-state index is -2.64. The van der Waals surface area contributed by atoms with E-state index in [1.54, 1.807) is 0 Å². The average molecular weight is 212 g/mol. The van der Waals surface area contributed by atoms with Crippen molar-refractivity contribution in [1.82, 2.24) is 0 Å². The Bertz CT molecular complexity index is 411. The van der Waals surface area contributed by atoms with Gasteiger partial charge in [0.2, 0.25) is 0 Å². The van der Waals surface area contributed by atoms with Gasteiger partial charge < -0.3 is 0 Å². The number of aldehydes is 1. The normalized spacial score (nSPS) is 10.5. The van der Waals surface area contributed by atoms with Crippen LogP contribution in [0.15, 0.2) is 12.1 Å². The number of carbonyl (C=O) groups excluding carboxylic acids is 2. The molecule has 15 heavy (non-hydrogen) atoms. The van der Waals surface area contributed by atoms with Crippen LogP contribution >= 0.6 is 0 Å². The van der Waals surface area contributed by atoms with Gasteiger partial charge >= 0.3 is 0 Å². The van der Waals surface area contributed by atoms with Gasteiger partial charge in [-0.15, -0.1) is 0 Å². The molecule has 0 aliphatic rings. The zero-order valence-electron chi connectivity index (χ0n) is 8.38. The summed E-state index contributed by atoms with van der Waals surface area (Å²) in [4.78, 5) is 21.8. The number of ketones is 1. The molecular formula is C11H10F2O2. The molecule has 1 aromatic carbocycles. The molecule has 0 N–H and O–H groups in total. The average Bonchev–Trinajstić information content (AvgIpc) is 2.16. The van der Waals surface area contributed by atoms with Gasteiger partial charge in [-0.25, -0.2) is 8.78 Å². The van der Waals surface area contributed by atoms with Gasteiger partial charge in [0, 0.05) is 16.7 Å². The third-order valence-corrected chi connectivity index (χ3v) is 2.16. The number of carbonyl (C=O) groups is 2. The minimum Gasteiger partial charge on any atom is -0.298 e. The first-order chi connectivity index (χ1) is 6.97. The van der Waals surface area contributed by atoms with E-state index in [4.69, 9.17) is 0 Å². The summed E-state index contributed by atoms with van der Waals surface area (Å²) >= 11 is 0. The van der Waals surface area contributed by atoms with Gasteiger partial charge in [-0.05, 0) is 31.5 Å². The molecule has 0 bridgehead atoms. The molecule has 0 heterocycles. The summed E-state index contributed by atoms with van der Waals surface area (Å²) in [7, 11) is 0. The van der Waals surface area contributed by atoms with Crippen molar-refractivity contribution in [3.05, 3.63) is 34.4 Å². The monoisotopic (exact) mass is 212 g/mol. The predicted molar refractivity (Wildman–Crippen MR) is 51.5 cm³/mol. The van der Waals surface area contributed by atoms with Crippen LogP contribution < -0.4 is 0 Å². The first-order valence-corrected chi connectivity index (χ1v) is 4.36. The van der Waals surface area contributed by atoms with E-state index in [9.17, 15) is 18.4 Å². The number of halogens is 2. The second-order valence-electron chi connectivity index (χ2n) is 3.27. The Morgan fingerprint density at radius 2 is 2.00 bits per heavy atom. The quantitative estimate of drug-likeness (QED) is 0.570. The van der Waals surface area contributed by atoms with Gasteiger partial charge in [0.1, 0.15) is 0 Å². The number of aryl methyl sites for hydroxylation is 1. The van der Waals surface area contributed by atoms with Crippen molar-refractivity contribution in [2.24, 2.45) is 0 Å². The number of benzene rings is 1. The minimum absolute atomic E-state index is 0.0558. The van der Waals surface area contributed by atoms with E-state index in [0.717, 1.165) is 6.07 Å². The number of hydrogen-bond acceptors (Lipinski definition) is 2. The Kier molecular flexibility index (Phi) is 3.29. The molecule has 0 aromatic heterocycles. The molecule has 1 rings (SSSR count). The van der Waals surface area contributed by atoms with Crippen molar-refractivity contribution in [2.45, 2.75) is 20.3 Å². The van der Waals surface area contributed by atoms with E-state index in [2.05, 4.69) is 0 Å². The van der Waals surface area contributed by atoms with Crippen LogP contribution in [0.2, 0.25) is 0 Å². The van der Waals surface area contributed by atoms with Gasteiger partial charge in [-0.1, -0.05) is 0 Å². The van der Waals surface area contributed by atoms with Gasteiger partial charge in [-0.3, -0.25) is 9.59 Å². The SMILES string of the molecule is CC(=O)c1cc(C(F)F)cc(C)c1C=O. The van der Waals surface area contributed by atoms with E-state index >= 15 is 0 Å². The van der Waals surface area contributed by atoms with Gasteiger partial charge in [0.25, 0.3) is 6.43 Å². The van der Waals surface area contributed by atoms with Gasteiger partial charge in [0.05, 0.1) is 0 Å². The van der Waals surface area contributed by atoms with Crippen LogP contribution in [0.1, 0.15) is 45.2 Å². The fourth-order valence-electron chi connectivity index (χ4n) is 1.40. The van der Waals surface area contributed by atoms with E-state index in [1.165, 1.54) is 19.9 Å². The summed E-state index contributed by atoms with van der Waals surface area (Å²) < 4.78 is 24.9. The van der Waals surface area contributed by atoms with Crippen LogP contribution in [0.25, 0.3) is 0 Å². The summed E-state index contributed by atoms with van der Waals surface area (Å²) in [5.74, 6) is -0.386. The van der Waals surface area contributed by atoms with Crippen LogP contribution in [-0.2, 0) is 0 Å². The molecule has 0 unspecified atom stereocenters. The van der Waals surface area contributed by atoms with Crippen LogP contribution in [0, 0.1) is 6.92 Å². The van der Waals surface area contributed by atoms with Crippen molar-refractivity contribution < 1.29 is 18.4 Å². The molecule has 0 aliphatic heterocycles. The first-order valence-electron chi connectivity index (χ1n) is 4.36. The molecule has 0 spiro atoms. The Morgan fingerprint density at radius 1 is 1.40 bits per heavy atom.